The predicted molar refractivity (Wildman–Crippen MR) is 123 cm³/mol. The zero-order chi connectivity index (χ0) is 21.6. The lowest BCUT2D eigenvalue weighted by atomic mass is 10.1. The molecule has 0 aliphatic rings. The largest absolute Gasteiger partial charge is 0.497 e. The van der Waals surface area contributed by atoms with Crippen molar-refractivity contribution in [1.29, 1.82) is 0 Å². The quantitative estimate of drug-likeness (QED) is 0.284. The molecule has 2 aromatic carbocycles. The highest BCUT2D eigenvalue weighted by atomic mass is 32.2. The number of rotatable bonds is 8. The molecule has 0 N–H and O–H groups in total. The Morgan fingerprint density at radius 2 is 1.61 bits per heavy atom. The van der Waals surface area contributed by atoms with Crippen LogP contribution >= 0.6 is 11.8 Å². The van der Waals surface area contributed by atoms with Gasteiger partial charge in [-0.15, -0.1) is 10.2 Å². The van der Waals surface area contributed by atoms with Crippen molar-refractivity contribution >= 4 is 11.8 Å². The van der Waals surface area contributed by atoms with Crippen LogP contribution in [0.25, 0.3) is 17.1 Å². The number of hydrogen-bond acceptors (Lipinski definition) is 6. The highest BCUT2D eigenvalue weighted by Crippen LogP contribution is 2.28. The summed E-state index contributed by atoms with van der Waals surface area (Å²) in [5.74, 6) is 3.16. The van der Waals surface area contributed by atoms with Crippen LogP contribution in [0.1, 0.15) is 11.1 Å². The molecule has 0 saturated heterocycles. The first-order valence-electron chi connectivity index (χ1n) is 9.99. The van der Waals surface area contributed by atoms with E-state index in [-0.39, 0.29) is 0 Å². The van der Waals surface area contributed by atoms with Crippen molar-refractivity contribution in [3.63, 3.8) is 0 Å². The maximum Gasteiger partial charge on any atom is 0.196 e. The summed E-state index contributed by atoms with van der Waals surface area (Å²) >= 11 is 1.62. The zero-order valence-electron chi connectivity index (χ0n) is 17.8. The van der Waals surface area contributed by atoms with Crippen molar-refractivity contribution in [3.05, 3.63) is 78.1 Å². The van der Waals surface area contributed by atoms with Gasteiger partial charge in [0, 0.05) is 23.7 Å². The van der Waals surface area contributed by atoms with Gasteiger partial charge >= 0.3 is 0 Å². The van der Waals surface area contributed by atoms with Crippen molar-refractivity contribution in [2.24, 2.45) is 0 Å². The first kappa shape index (κ1) is 20.9. The molecule has 2 aromatic heterocycles. The van der Waals surface area contributed by atoms with E-state index in [9.17, 15) is 0 Å². The van der Waals surface area contributed by atoms with Crippen LogP contribution in [-0.4, -0.2) is 39.2 Å². The first-order valence-corrected chi connectivity index (χ1v) is 11.0. The van der Waals surface area contributed by atoms with Gasteiger partial charge in [0.2, 0.25) is 0 Å². The molecule has 0 radical (unpaired) electrons. The molecule has 158 valence electrons. The molecule has 0 bridgehead atoms. The van der Waals surface area contributed by atoms with E-state index in [1.54, 1.807) is 31.3 Å². The summed E-state index contributed by atoms with van der Waals surface area (Å²) in [6.07, 6.45) is 3.54. The van der Waals surface area contributed by atoms with Gasteiger partial charge in [-0.3, -0.25) is 9.55 Å². The van der Waals surface area contributed by atoms with Crippen molar-refractivity contribution < 1.29 is 9.47 Å². The van der Waals surface area contributed by atoms with Crippen LogP contribution in [0.5, 0.6) is 11.5 Å². The summed E-state index contributed by atoms with van der Waals surface area (Å²) in [5.41, 5.74) is 4.50. The number of pyridine rings is 1. The molecule has 0 amide bonds. The van der Waals surface area contributed by atoms with E-state index in [4.69, 9.17) is 9.47 Å². The average molecular weight is 433 g/mol. The molecule has 4 rings (SSSR count). The van der Waals surface area contributed by atoms with Gasteiger partial charge in [-0.2, -0.15) is 0 Å². The fraction of sp³-hybridized carbons (Fsp3) is 0.208. The third-order valence-electron chi connectivity index (χ3n) is 4.96. The van der Waals surface area contributed by atoms with Crippen LogP contribution in [0.15, 0.2) is 72.1 Å². The lowest BCUT2D eigenvalue weighted by molar-refractivity contribution is 0.342. The molecule has 0 fully saturated rings. The molecular formula is C24H24N4O2S. The zero-order valence-corrected chi connectivity index (χ0v) is 18.6. The third kappa shape index (κ3) is 4.88. The fourth-order valence-corrected chi connectivity index (χ4v) is 3.88. The van der Waals surface area contributed by atoms with Crippen LogP contribution < -0.4 is 9.47 Å². The van der Waals surface area contributed by atoms with Crippen molar-refractivity contribution in [3.8, 4) is 28.6 Å². The monoisotopic (exact) mass is 432 g/mol. The number of aryl methyl sites for hydroxylation is 2. The van der Waals surface area contributed by atoms with Gasteiger partial charge in [-0.1, -0.05) is 17.8 Å². The SMILES string of the molecule is COc1ccc(OCCSc2nnc(-c3ccncc3)n2-c2ccc(C)c(C)c2)cc1. The van der Waals surface area contributed by atoms with Crippen molar-refractivity contribution in [2.45, 2.75) is 19.0 Å². The second-order valence-electron chi connectivity index (χ2n) is 7.02. The Hall–Kier alpha value is -3.32. The Morgan fingerprint density at radius 1 is 0.871 bits per heavy atom. The second-order valence-corrected chi connectivity index (χ2v) is 8.08. The minimum Gasteiger partial charge on any atom is -0.497 e. The summed E-state index contributed by atoms with van der Waals surface area (Å²) in [5, 5.41) is 9.78. The summed E-state index contributed by atoms with van der Waals surface area (Å²) in [4.78, 5) is 4.12. The van der Waals surface area contributed by atoms with Gasteiger partial charge in [0.15, 0.2) is 11.0 Å². The number of thioether (sulfide) groups is 1. The van der Waals surface area contributed by atoms with E-state index in [1.807, 2.05) is 36.4 Å². The van der Waals surface area contributed by atoms with Gasteiger partial charge in [-0.25, -0.2) is 0 Å². The van der Waals surface area contributed by atoms with Crippen molar-refractivity contribution in [2.75, 3.05) is 19.5 Å². The Labute approximate surface area is 186 Å². The van der Waals surface area contributed by atoms with E-state index >= 15 is 0 Å². The van der Waals surface area contributed by atoms with Gasteiger partial charge in [0.1, 0.15) is 11.5 Å². The molecule has 7 heteroatoms. The van der Waals surface area contributed by atoms with Crippen LogP contribution in [0.3, 0.4) is 0 Å². The van der Waals surface area contributed by atoms with Gasteiger partial charge in [0.05, 0.1) is 19.4 Å². The van der Waals surface area contributed by atoms with Gasteiger partial charge in [-0.05, 0) is 73.5 Å². The van der Waals surface area contributed by atoms with E-state index in [1.165, 1.54) is 11.1 Å². The number of nitrogens with zero attached hydrogens (tertiary/aromatic N) is 4. The van der Waals surface area contributed by atoms with Gasteiger partial charge < -0.3 is 9.47 Å². The van der Waals surface area contributed by atoms with Gasteiger partial charge in [0.25, 0.3) is 0 Å². The van der Waals surface area contributed by atoms with E-state index in [0.29, 0.717) is 6.61 Å². The maximum absolute atomic E-state index is 5.86. The predicted octanol–water partition coefficient (Wildman–Crippen LogP) is 5.13. The van der Waals surface area contributed by atoms with E-state index < -0.39 is 0 Å². The maximum atomic E-state index is 5.86. The van der Waals surface area contributed by atoms with Crippen molar-refractivity contribution in [1.82, 2.24) is 19.7 Å². The first-order chi connectivity index (χ1) is 15.2. The lowest BCUT2D eigenvalue weighted by Crippen LogP contribution is -2.04. The van der Waals surface area contributed by atoms with E-state index in [2.05, 4.69) is 51.8 Å². The van der Waals surface area contributed by atoms with Crippen LogP contribution in [-0.2, 0) is 0 Å². The molecule has 2 heterocycles. The summed E-state index contributed by atoms with van der Waals surface area (Å²) in [6, 6.07) is 17.9. The lowest BCUT2D eigenvalue weighted by Gasteiger charge is -2.12. The second kappa shape index (κ2) is 9.66. The molecule has 0 spiro atoms. The fourth-order valence-electron chi connectivity index (χ4n) is 3.11. The molecule has 31 heavy (non-hydrogen) atoms. The number of hydrogen-bond donors (Lipinski definition) is 0. The molecule has 0 aliphatic heterocycles. The Morgan fingerprint density at radius 3 is 2.32 bits per heavy atom. The molecule has 0 aliphatic carbocycles. The summed E-state index contributed by atoms with van der Waals surface area (Å²) < 4.78 is 13.1. The molecular weight excluding hydrogens is 408 g/mol. The van der Waals surface area contributed by atoms with Crippen LogP contribution in [0.4, 0.5) is 0 Å². The average Bonchev–Trinajstić information content (AvgIpc) is 3.23. The molecule has 4 aromatic rings. The number of methoxy groups -OCH3 is 1. The third-order valence-corrected chi connectivity index (χ3v) is 5.86. The van der Waals surface area contributed by atoms with Crippen LogP contribution in [0, 0.1) is 13.8 Å². The number of benzene rings is 2. The molecule has 6 nitrogen and oxygen atoms in total. The minimum absolute atomic E-state index is 0.557. The highest BCUT2D eigenvalue weighted by molar-refractivity contribution is 7.99. The highest BCUT2D eigenvalue weighted by Gasteiger charge is 2.16. The normalized spacial score (nSPS) is 10.8. The Kier molecular flexibility index (Phi) is 6.52. The minimum atomic E-state index is 0.557. The molecule has 0 saturated carbocycles. The topological polar surface area (TPSA) is 62.1 Å². The standard InChI is InChI=1S/C24H24N4O2S/c1-17-4-5-20(16-18(17)2)28-23(19-10-12-25-13-11-19)26-27-24(28)31-15-14-30-22-8-6-21(29-3)7-9-22/h4-13,16H,14-15H2,1-3H3. The number of ether oxygens (including phenoxy) is 2. The molecule has 0 atom stereocenters. The summed E-state index contributed by atoms with van der Waals surface area (Å²) in [6.45, 7) is 4.79. The number of aromatic nitrogens is 4. The van der Waals surface area contributed by atoms with E-state index in [0.717, 1.165) is 39.5 Å². The Bertz CT molecular complexity index is 1140. The smallest absolute Gasteiger partial charge is 0.196 e. The Balaban J connectivity index is 1.54. The summed E-state index contributed by atoms with van der Waals surface area (Å²) in [7, 11) is 1.65. The van der Waals surface area contributed by atoms with Crippen LogP contribution in [0.2, 0.25) is 0 Å². The molecule has 0 unspecified atom stereocenters.